The van der Waals surface area contributed by atoms with E-state index in [9.17, 15) is 4.79 Å². The van der Waals surface area contributed by atoms with Crippen LogP contribution >= 0.6 is 0 Å². The number of pyridine rings is 1. The predicted octanol–water partition coefficient (Wildman–Crippen LogP) is 3.42. The first-order valence-corrected chi connectivity index (χ1v) is 7.83. The van der Waals surface area contributed by atoms with E-state index in [2.05, 4.69) is 17.1 Å². The molecule has 4 nitrogen and oxygen atoms in total. The smallest absolute Gasteiger partial charge is 0.265 e. The molecule has 1 aliphatic heterocycles. The molecule has 0 saturated heterocycles. The molecule has 1 aromatic heterocycles. The standard InChI is InChI=1S/C18H18N2O2/c21-17-12-22-18-16(20(17)15-8-4-5-9-15)10-14(11-19-18)13-6-2-1-3-7-13/h1-3,6-7,10-11,15H,4-5,8-9,12H2. The van der Waals surface area contributed by atoms with Gasteiger partial charge in [-0.3, -0.25) is 4.79 Å². The first kappa shape index (κ1) is 13.3. The topological polar surface area (TPSA) is 42.4 Å². The summed E-state index contributed by atoms with van der Waals surface area (Å²) in [6.45, 7) is 0.0984. The summed E-state index contributed by atoms with van der Waals surface area (Å²) in [6.07, 6.45) is 6.34. The molecule has 2 heterocycles. The number of fused-ring (bicyclic) bond motifs is 1. The van der Waals surface area contributed by atoms with E-state index in [1.165, 1.54) is 12.8 Å². The molecule has 1 aromatic carbocycles. The highest BCUT2D eigenvalue weighted by Crippen LogP contribution is 2.38. The molecule has 0 N–H and O–H groups in total. The summed E-state index contributed by atoms with van der Waals surface area (Å²) < 4.78 is 5.51. The van der Waals surface area contributed by atoms with Crippen molar-refractivity contribution >= 4 is 11.6 Å². The van der Waals surface area contributed by atoms with Crippen molar-refractivity contribution < 1.29 is 9.53 Å². The van der Waals surface area contributed by atoms with E-state index in [1.54, 1.807) is 0 Å². The average molecular weight is 294 g/mol. The van der Waals surface area contributed by atoms with Crippen LogP contribution in [0.15, 0.2) is 42.6 Å². The second-order valence-electron chi connectivity index (χ2n) is 5.90. The lowest BCUT2D eigenvalue weighted by Gasteiger charge is -2.33. The molecule has 1 fully saturated rings. The summed E-state index contributed by atoms with van der Waals surface area (Å²) in [4.78, 5) is 18.7. The number of hydrogen-bond donors (Lipinski definition) is 0. The monoisotopic (exact) mass is 294 g/mol. The normalized spacial score (nSPS) is 18.2. The zero-order chi connectivity index (χ0) is 14.9. The van der Waals surface area contributed by atoms with Crippen molar-refractivity contribution in [2.45, 2.75) is 31.7 Å². The summed E-state index contributed by atoms with van der Waals surface area (Å²) >= 11 is 0. The minimum atomic E-state index is 0.0476. The molecule has 2 aliphatic rings. The fourth-order valence-electron chi connectivity index (χ4n) is 3.41. The van der Waals surface area contributed by atoms with Crippen LogP contribution in [0.5, 0.6) is 5.88 Å². The highest BCUT2D eigenvalue weighted by molar-refractivity contribution is 5.98. The van der Waals surface area contributed by atoms with Crippen molar-refractivity contribution in [1.82, 2.24) is 4.98 Å². The third kappa shape index (κ3) is 2.25. The molecule has 1 amide bonds. The maximum atomic E-state index is 12.4. The lowest BCUT2D eigenvalue weighted by Crippen LogP contribution is -2.44. The highest BCUT2D eigenvalue weighted by atomic mass is 16.5. The molecule has 112 valence electrons. The van der Waals surface area contributed by atoms with Crippen LogP contribution in [-0.4, -0.2) is 23.5 Å². The fraction of sp³-hybridized carbons (Fsp3) is 0.333. The fourth-order valence-corrected chi connectivity index (χ4v) is 3.41. The number of carbonyl (C=O) groups is 1. The highest BCUT2D eigenvalue weighted by Gasteiger charge is 2.34. The van der Waals surface area contributed by atoms with Crippen molar-refractivity contribution in [2.75, 3.05) is 11.5 Å². The number of hydrogen-bond acceptors (Lipinski definition) is 3. The summed E-state index contributed by atoms with van der Waals surface area (Å²) in [5, 5.41) is 0. The van der Waals surface area contributed by atoms with E-state index in [1.807, 2.05) is 35.4 Å². The van der Waals surface area contributed by atoms with E-state index in [-0.39, 0.29) is 12.5 Å². The van der Waals surface area contributed by atoms with Gasteiger partial charge in [-0.05, 0) is 24.5 Å². The number of rotatable bonds is 2. The molecule has 0 radical (unpaired) electrons. The van der Waals surface area contributed by atoms with E-state index in [0.29, 0.717) is 11.9 Å². The molecule has 0 atom stereocenters. The number of ether oxygens (including phenoxy) is 1. The number of nitrogens with zero attached hydrogens (tertiary/aromatic N) is 2. The van der Waals surface area contributed by atoms with Gasteiger partial charge in [0.1, 0.15) is 5.69 Å². The maximum Gasteiger partial charge on any atom is 0.265 e. The Labute approximate surface area is 129 Å². The Bertz CT molecular complexity index is 693. The van der Waals surface area contributed by atoms with Gasteiger partial charge in [0.2, 0.25) is 5.88 Å². The van der Waals surface area contributed by atoms with Crippen molar-refractivity contribution in [3.8, 4) is 17.0 Å². The molecule has 0 spiro atoms. The summed E-state index contributed by atoms with van der Waals surface area (Å²) in [5.74, 6) is 0.623. The Morgan fingerprint density at radius 3 is 2.64 bits per heavy atom. The van der Waals surface area contributed by atoms with E-state index in [0.717, 1.165) is 29.7 Å². The molecule has 4 rings (SSSR count). The Morgan fingerprint density at radius 1 is 1.09 bits per heavy atom. The van der Waals surface area contributed by atoms with Crippen molar-refractivity contribution in [1.29, 1.82) is 0 Å². The summed E-state index contributed by atoms with van der Waals surface area (Å²) in [7, 11) is 0. The maximum absolute atomic E-state index is 12.4. The molecule has 2 aromatic rings. The lowest BCUT2D eigenvalue weighted by atomic mass is 10.1. The van der Waals surface area contributed by atoms with Crippen LogP contribution in [0.1, 0.15) is 25.7 Å². The van der Waals surface area contributed by atoms with Crippen LogP contribution in [0.4, 0.5) is 5.69 Å². The van der Waals surface area contributed by atoms with Gasteiger partial charge in [-0.25, -0.2) is 4.98 Å². The van der Waals surface area contributed by atoms with Gasteiger partial charge in [-0.15, -0.1) is 0 Å². The third-order valence-corrected chi connectivity index (χ3v) is 4.49. The molecule has 1 aliphatic carbocycles. The summed E-state index contributed by atoms with van der Waals surface area (Å²) in [5.41, 5.74) is 2.94. The van der Waals surface area contributed by atoms with Gasteiger partial charge in [0.15, 0.2) is 6.61 Å². The van der Waals surface area contributed by atoms with Crippen molar-refractivity contribution in [3.05, 3.63) is 42.6 Å². The first-order valence-electron chi connectivity index (χ1n) is 7.83. The Kier molecular flexibility index (Phi) is 3.29. The van der Waals surface area contributed by atoms with Gasteiger partial charge in [0, 0.05) is 17.8 Å². The van der Waals surface area contributed by atoms with Crippen LogP contribution in [-0.2, 0) is 4.79 Å². The first-order chi connectivity index (χ1) is 10.8. The van der Waals surface area contributed by atoms with E-state index < -0.39 is 0 Å². The predicted molar refractivity (Wildman–Crippen MR) is 84.9 cm³/mol. The molecule has 4 heteroatoms. The second-order valence-corrected chi connectivity index (χ2v) is 5.90. The minimum Gasteiger partial charge on any atom is -0.466 e. The zero-order valence-electron chi connectivity index (χ0n) is 12.4. The molecule has 1 saturated carbocycles. The Hall–Kier alpha value is -2.36. The van der Waals surface area contributed by atoms with Crippen LogP contribution in [0.3, 0.4) is 0 Å². The van der Waals surface area contributed by atoms with Gasteiger partial charge in [0.25, 0.3) is 5.91 Å². The van der Waals surface area contributed by atoms with Gasteiger partial charge >= 0.3 is 0 Å². The van der Waals surface area contributed by atoms with Crippen LogP contribution in [0.25, 0.3) is 11.1 Å². The number of carbonyl (C=O) groups excluding carboxylic acids is 1. The molecular formula is C18H18N2O2. The molecule has 22 heavy (non-hydrogen) atoms. The second kappa shape index (κ2) is 5.44. The number of benzene rings is 1. The van der Waals surface area contributed by atoms with Gasteiger partial charge in [0.05, 0.1) is 0 Å². The average Bonchev–Trinajstić information content (AvgIpc) is 3.09. The van der Waals surface area contributed by atoms with Gasteiger partial charge < -0.3 is 9.64 Å². The van der Waals surface area contributed by atoms with Gasteiger partial charge in [-0.1, -0.05) is 43.2 Å². The molecule has 0 bridgehead atoms. The number of amides is 1. The number of anilines is 1. The van der Waals surface area contributed by atoms with Crippen LogP contribution in [0.2, 0.25) is 0 Å². The largest absolute Gasteiger partial charge is 0.466 e. The molecular weight excluding hydrogens is 276 g/mol. The van der Waals surface area contributed by atoms with E-state index >= 15 is 0 Å². The minimum absolute atomic E-state index is 0.0476. The third-order valence-electron chi connectivity index (χ3n) is 4.49. The molecule has 0 unspecified atom stereocenters. The van der Waals surface area contributed by atoms with Crippen molar-refractivity contribution in [2.24, 2.45) is 0 Å². The van der Waals surface area contributed by atoms with E-state index in [4.69, 9.17) is 4.74 Å². The Morgan fingerprint density at radius 2 is 1.86 bits per heavy atom. The Balaban J connectivity index is 1.77. The quantitative estimate of drug-likeness (QED) is 0.852. The van der Waals surface area contributed by atoms with Gasteiger partial charge in [-0.2, -0.15) is 0 Å². The lowest BCUT2D eigenvalue weighted by molar-refractivity contribution is -0.121. The SMILES string of the molecule is O=C1COc2ncc(-c3ccccc3)cc2N1C1CCCC1. The van der Waals surface area contributed by atoms with Crippen LogP contribution < -0.4 is 9.64 Å². The zero-order valence-corrected chi connectivity index (χ0v) is 12.4. The van der Waals surface area contributed by atoms with Crippen LogP contribution in [0, 0.1) is 0 Å². The number of aromatic nitrogens is 1. The summed E-state index contributed by atoms with van der Waals surface area (Å²) in [6, 6.07) is 12.4. The van der Waals surface area contributed by atoms with Crippen molar-refractivity contribution in [3.63, 3.8) is 0 Å².